The fourth-order valence-electron chi connectivity index (χ4n) is 4.73. The average molecular weight is 420 g/mol. The van der Waals surface area contributed by atoms with Crippen LogP contribution in [-0.2, 0) is 13.0 Å². The van der Waals surface area contributed by atoms with Gasteiger partial charge < -0.3 is 13.8 Å². The quantitative estimate of drug-likeness (QED) is 0.532. The molecule has 2 aliphatic rings. The van der Waals surface area contributed by atoms with Crippen molar-refractivity contribution >= 4 is 11.3 Å². The number of aryl methyl sites for hydroxylation is 1. The van der Waals surface area contributed by atoms with Gasteiger partial charge in [-0.3, -0.25) is 0 Å². The third kappa shape index (κ3) is 3.09. The van der Waals surface area contributed by atoms with Gasteiger partial charge in [0.05, 0.1) is 6.54 Å². The summed E-state index contributed by atoms with van der Waals surface area (Å²) in [5, 5.41) is 15.2. The molecule has 152 valence electrons. The summed E-state index contributed by atoms with van der Waals surface area (Å²) in [5.41, 5.74) is 4.05. The first-order valence-corrected chi connectivity index (χ1v) is 11.4. The molecule has 6 nitrogen and oxygen atoms in total. The molecule has 0 radical (unpaired) electrons. The van der Waals surface area contributed by atoms with Crippen LogP contribution in [0.3, 0.4) is 0 Å². The van der Waals surface area contributed by atoms with Crippen molar-refractivity contribution in [1.82, 2.24) is 15.4 Å². The van der Waals surface area contributed by atoms with Gasteiger partial charge >= 0.3 is 0 Å². The molecule has 3 aromatic heterocycles. The van der Waals surface area contributed by atoms with Gasteiger partial charge in [-0.15, -0.1) is 21.5 Å². The molecule has 1 aromatic carbocycles. The number of hydrogen-bond acceptors (Lipinski definition) is 6. The van der Waals surface area contributed by atoms with Crippen LogP contribution in [-0.4, -0.2) is 21.9 Å². The van der Waals surface area contributed by atoms with Crippen molar-refractivity contribution in [3.63, 3.8) is 0 Å². The van der Waals surface area contributed by atoms with Gasteiger partial charge in [0.1, 0.15) is 23.1 Å². The molecule has 7 heteroatoms. The van der Waals surface area contributed by atoms with E-state index in [-0.39, 0.29) is 0 Å². The Morgan fingerprint density at radius 2 is 2.00 bits per heavy atom. The van der Waals surface area contributed by atoms with Crippen LogP contribution in [0.1, 0.15) is 41.0 Å². The zero-order chi connectivity index (χ0) is 20.1. The first-order chi connectivity index (χ1) is 14.8. The second kappa shape index (κ2) is 7.18. The molecular weight excluding hydrogens is 396 g/mol. The van der Waals surface area contributed by atoms with E-state index in [2.05, 4.69) is 26.8 Å². The number of quaternary nitrogens is 1. The molecule has 0 bridgehead atoms. The number of nitrogens with zero attached hydrogens (tertiary/aromatic N) is 3. The van der Waals surface area contributed by atoms with Crippen LogP contribution in [0.4, 0.5) is 0 Å². The summed E-state index contributed by atoms with van der Waals surface area (Å²) in [7, 11) is 0. The highest BCUT2D eigenvalue weighted by atomic mass is 32.1. The van der Waals surface area contributed by atoms with Crippen LogP contribution >= 0.6 is 11.3 Å². The minimum absolute atomic E-state index is 0.484. The highest BCUT2D eigenvalue weighted by molar-refractivity contribution is 7.10. The third-order valence-electron chi connectivity index (χ3n) is 6.29. The van der Waals surface area contributed by atoms with Gasteiger partial charge in [0.25, 0.3) is 11.8 Å². The van der Waals surface area contributed by atoms with Crippen LogP contribution in [0.15, 0.2) is 50.7 Å². The smallest absolute Gasteiger partial charge is 0.271 e. The average Bonchev–Trinajstić information content (AvgIpc) is 3.13. The van der Waals surface area contributed by atoms with E-state index >= 15 is 0 Å². The molecule has 1 unspecified atom stereocenters. The minimum Gasteiger partial charge on any atom is -0.415 e. The third-order valence-corrected chi connectivity index (χ3v) is 7.29. The Bertz CT molecular complexity index is 1180. The maximum absolute atomic E-state index is 6.15. The lowest BCUT2D eigenvalue weighted by atomic mass is 9.96. The summed E-state index contributed by atoms with van der Waals surface area (Å²) in [6.45, 7) is 3.76. The van der Waals surface area contributed by atoms with Crippen molar-refractivity contribution in [3.05, 3.63) is 63.9 Å². The van der Waals surface area contributed by atoms with Gasteiger partial charge in [-0.1, -0.05) is 35.5 Å². The lowest BCUT2D eigenvalue weighted by Gasteiger charge is -2.32. The normalized spacial score (nSPS) is 21.0. The summed E-state index contributed by atoms with van der Waals surface area (Å²) in [4.78, 5) is 3.11. The van der Waals surface area contributed by atoms with Crippen molar-refractivity contribution < 1.29 is 13.8 Å². The Morgan fingerprint density at radius 3 is 2.83 bits per heavy atom. The Balaban J connectivity index is 1.29. The van der Waals surface area contributed by atoms with E-state index in [9.17, 15) is 0 Å². The minimum atomic E-state index is 0.484. The number of hydrogen-bond donors (Lipinski definition) is 1. The Labute approximate surface area is 178 Å². The van der Waals surface area contributed by atoms with E-state index in [1.54, 1.807) is 15.3 Å². The largest absolute Gasteiger partial charge is 0.415 e. The maximum atomic E-state index is 6.15. The van der Waals surface area contributed by atoms with Gasteiger partial charge in [-0.2, -0.15) is 0 Å². The highest BCUT2D eigenvalue weighted by Gasteiger charge is 2.43. The predicted molar refractivity (Wildman–Crippen MR) is 113 cm³/mol. The summed E-state index contributed by atoms with van der Waals surface area (Å²) in [5.74, 6) is 2.65. The van der Waals surface area contributed by atoms with Crippen molar-refractivity contribution in [2.75, 3.05) is 6.54 Å². The van der Waals surface area contributed by atoms with Gasteiger partial charge in [0.2, 0.25) is 0 Å². The lowest BCUT2D eigenvalue weighted by Crippen LogP contribution is -3.12. The molecule has 4 heterocycles. The number of fused-ring (bicyclic) bond motifs is 1. The fourth-order valence-corrected chi connectivity index (χ4v) is 5.66. The van der Waals surface area contributed by atoms with Gasteiger partial charge in [0.15, 0.2) is 6.54 Å². The Morgan fingerprint density at radius 1 is 1.13 bits per heavy atom. The zero-order valence-corrected chi connectivity index (χ0v) is 17.6. The first-order valence-electron chi connectivity index (χ1n) is 10.5. The topological polar surface area (TPSA) is 69.4 Å². The second-order valence-corrected chi connectivity index (χ2v) is 9.28. The van der Waals surface area contributed by atoms with Crippen LogP contribution in [0.2, 0.25) is 0 Å². The van der Waals surface area contributed by atoms with E-state index in [4.69, 9.17) is 8.94 Å². The molecule has 4 aromatic rings. The molecule has 30 heavy (non-hydrogen) atoms. The van der Waals surface area contributed by atoms with Crippen molar-refractivity contribution in [3.8, 4) is 22.7 Å². The van der Waals surface area contributed by atoms with Crippen LogP contribution in [0.25, 0.3) is 22.7 Å². The fraction of sp³-hybridized carbons (Fsp3) is 0.348. The molecule has 6 rings (SSSR count). The van der Waals surface area contributed by atoms with E-state index in [1.165, 1.54) is 12.8 Å². The number of nitrogens with one attached hydrogen (secondary N) is 1. The van der Waals surface area contributed by atoms with Gasteiger partial charge in [0, 0.05) is 28.3 Å². The summed E-state index contributed by atoms with van der Waals surface area (Å²) in [6.07, 6.45) is 3.80. The van der Waals surface area contributed by atoms with Gasteiger partial charge in [-0.05, 0) is 31.2 Å². The molecular formula is C23H23N4O2S+. The summed E-state index contributed by atoms with van der Waals surface area (Å²) >= 11 is 1.90. The number of rotatable bonds is 5. The van der Waals surface area contributed by atoms with E-state index in [0.717, 1.165) is 42.2 Å². The number of thiophene rings is 1. The summed E-state index contributed by atoms with van der Waals surface area (Å²) < 4.78 is 11.6. The molecule has 1 N–H and O–H groups in total. The molecule has 1 aliphatic carbocycles. The highest BCUT2D eigenvalue weighted by Crippen LogP contribution is 2.42. The van der Waals surface area contributed by atoms with E-state index in [1.807, 2.05) is 48.6 Å². The van der Waals surface area contributed by atoms with Crippen LogP contribution in [0, 0.1) is 12.8 Å². The molecule has 0 spiro atoms. The van der Waals surface area contributed by atoms with Gasteiger partial charge in [-0.25, -0.2) is 0 Å². The molecule has 1 fully saturated rings. The van der Waals surface area contributed by atoms with Crippen LogP contribution in [0.5, 0.6) is 0 Å². The predicted octanol–water partition coefficient (Wildman–Crippen LogP) is 3.85. The maximum Gasteiger partial charge on any atom is 0.271 e. The molecule has 1 aliphatic heterocycles. The van der Waals surface area contributed by atoms with Crippen molar-refractivity contribution in [2.45, 2.75) is 38.8 Å². The lowest BCUT2D eigenvalue weighted by molar-refractivity contribution is -0.950. The monoisotopic (exact) mass is 419 g/mol. The standard InChI is InChI=1S/C23H22N4O2S/c1-14-20(21(26-29-14)15-5-3-2-4-6-15)23-25-24-19(28-23)13-27-11-9-18-17(10-12-30-18)22(27)16-7-8-16/h2-6,10,12,16,22H,7-9,11,13H2,1H3/p+1/t22-/m1/s1. The SMILES string of the molecule is Cc1onc(-c2ccccc2)c1-c1nnc(C[NH+]2CCc3sccc3[C@H]2C2CC2)o1. The first kappa shape index (κ1) is 18.0. The second-order valence-electron chi connectivity index (χ2n) is 8.28. The molecule has 0 amide bonds. The number of benzene rings is 1. The molecule has 0 saturated heterocycles. The van der Waals surface area contributed by atoms with Crippen molar-refractivity contribution in [2.24, 2.45) is 5.92 Å². The Kier molecular flexibility index (Phi) is 4.32. The Hall–Kier alpha value is -2.77. The van der Waals surface area contributed by atoms with E-state index < -0.39 is 0 Å². The molecule has 2 atom stereocenters. The van der Waals surface area contributed by atoms with Crippen molar-refractivity contribution in [1.29, 1.82) is 0 Å². The number of aromatic nitrogens is 3. The zero-order valence-electron chi connectivity index (χ0n) is 16.8. The van der Waals surface area contributed by atoms with E-state index in [0.29, 0.717) is 23.6 Å². The molecule has 1 saturated carbocycles. The summed E-state index contributed by atoms with van der Waals surface area (Å²) in [6, 6.07) is 12.9. The van der Waals surface area contributed by atoms with Crippen LogP contribution < -0.4 is 4.90 Å².